The highest BCUT2D eigenvalue weighted by Crippen LogP contribution is 2.57. The number of phenols is 4. The number of nitrogens with zero attached hydrogens (tertiary/aromatic N) is 4. The lowest BCUT2D eigenvalue weighted by Crippen LogP contribution is -2.80. The van der Waals surface area contributed by atoms with E-state index in [1.807, 2.05) is 0 Å². The standard InChI is InChI=1S/C25H25N5O14/c1-44-10-4-2-9(3-5-10)30-13-11(12(27-30)20(26)35)6-7-28(21(13)36)14-16(31)18(33)15(19(34)17(14)32)29-8-23(38,39)25(42,43)24(40,41)22(29)37/h2-5,31-34,38-43H,6-8H2,1H3,(H2,26,35). The molecule has 1 saturated heterocycles. The zero-order valence-corrected chi connectivity index (χ0v) is 22.4. The van der Waals surface area contributed by atoms with Crippen LogP contribution in [-0.4, -0.2) is 116 Å². The molecule has 2 aliphatic heterocycles. The van der Waals surface area contributed by atoms with Crippen LogP contribution in [0, 0.1) is 0 Å². The van der Waals surface area contributed by atoms with E-state index in [0.717, 1.165) is 4.68 Å². The van der Waals surface area contributed by atoms with Gasteiger partial charge in [0.1, 0.15) is 22.8 Å². The molecule has 0 unspecified atom stereocenters. The second kappa shape index (κ2) is 9.67. The van der Waals surface area contributed by atoms with E-state index in [1.165, 1.54) is 31.4 Å². The molecule has 44 heavy (non-hydrogen) atoms. The van der Waals surface area contributed by atoms with Gasteiger partial charge in [0.15, 0.2) is 28.7 Å². The fourth-order valence-corrected chi connectivity index (χ4v) is 5.07. The lowest BCUT2D eigenvalue weighted by molar-refractivity contribution is -0.440. The van der Waals surface area contributed by atoms with Crippen molar-refractivity contribution in [3.8, 4) is 34.4 Å². The Kier molecular flexibility index (Phi) is 6.65. The third kappa shape index (κ3) is 3.99. The van der Waals surface area contributed by atoms with Crippen LogP contribution in [0.2, 0.25) is 0 Å². The Bertz CT molecular complexity index is 1700. The molecule has 0 saturated carbocycles. The van der Waals surface area contributed by atoms with Gasteiger partial charge in [0.25, 0.3) is 23.5 Å². The number of hydrogen-bond donors (Lipinski definition) is 11. The number of piperidine rings is 1. The maximum Gasteiger partial charge on any atom is 0.306 e. The first kappa shape index (κ1) is 30.3. The van der Waals surface area contributed by atoms with Gasteiger partial charge in [-0.25, -0.2) is 4.68 Å². The zero-order valence-electron chi connectivity index (χ0n) is 22.4. The van der Waals surface area contributed by atoms with Crippen molar-refractivity contribution >= 4 is 29.1 Å². The van der Waals surface area contributed by atoms with Crippen LogP contribution in [0.1, 0.15) is 26.5 Å². The van der Waals surface area contributed by atoms with Crippen LogP contribution >= 0.6 is 0 Å². The molecule has 19 nitrogen and oxygen atoms in total. The quantitative estimate of drug-likeness (QED) is 0.0746. The number of carbonyl (C=O) groups is 3. The Morgan fingerprint density at radius 2 is 1.41 bits per heavy atom. The number of aromatic nitrogens is 2. The van der Waals surface area contributed by atoms with Crippen molar-refractivity contribution in [3.05, 3.63) is 41.2 Å². The first-order valence-corrected chi connectivity index (χ1v) is 12.4. The van der Waals surface area contributed by atoms with Crippen LogP contribution in [-0.2, 0) is 11.2 Å². The average molecular weight is 619 g/mol. The van der Waals surface area contributed by atoms with Gasteiger partial charge in [-0.1, -0.05) is 0 Å². The summed E-state index contributed by atoms with van der Waals surface area (Å²) < 4.78 is 6.18. The molecular formula is C25H25N5O14. The number of hydrogen-bond acceptors (Lipinski definition) is 15. The molecule has 1 aromatic heterocycles. The number of anilines is 2. The van der Waals surface area contributed by atoms with Gasteiger partial charge in [0, 0.05) is 12.1 Å². The number of fused-ring (bicyclic) bond motifs is 1. The fraction of sp³-hybridized carbons (Fsp3) is 0.280. The molecule has 0 radical (unpaired) electrons. The molecule has 3 amide bonds. The maximum absolute atomic E-state index is 13.8. The van der Waals surface area contributed by atoms with E-state index in [0.29, 0.717) is 10.6 Å². The number of methoxy groups -OCH3 is 1. The van der Waals surface area contributed by atoms with Crippen LogP contribution < -0.4 is 20.3 Å². The highest BCUT2D eigenvalue weighted by atomic mass is 16.7. The van der Waals surface area contributed by atoms with Crippen molar-refractivity contribution in [2.24, 2.45) is 5.73 Å². The SMILES string of the molecule is COc1ccc(-n2nc(C(N)=O)c3c2C(=O)N(c2c(O)c(O)c(N4CC(O)(O)C(O)(O)C(O)(O)C4=O)c(O)c2O)CC3)cc1. The first-order valence-electron chi connectivity index (χ1n) is 12.4. The highest BCUT2D eigenvalue weighted by Gasteiger charge is 2.71. The Morgan fingerprint density at radius 3 is 1.91 bits per heavy atom. The van der Waals surface area contributed by atoms with Crippen LogP contribution in [0.4, 0.5) is 11.4 Å². The largest absolute Gasteiger partial charge is 0.503 e. The molecule has 2 aromatic carbocycles. The predicted molar refractivity (Wildman–Crippen MR) is 141 cm³/mol. The third-order valence-corrected chi connectivity index (χ3v) is 7.42. The van der Waals surface area contributed by atoms with E-state index in [1.54, 1.807) is 0 Å². The molecule has 12 N–H and O–H groups in total. The summed E-state index contributed by atoms with van der Waals surface area (Å²) in [7, 11) is 1.42. The number of amides is 3. The fourth-order valence-electron chi connectivity index (χ4n) is 5.07. The Labute approximate surface area is 244 Å². The van der Waals surface area contributed by atoms with Gasteiger partial charge in [-0.3, -0.25) is 24.2 Å². The normalized spacial score (nSPS) is 18.7. The summed E-state index contributed by atoms with van der Waals surface area (Å²) in [5.41, 5.74) is 3.10. The molecule has 3 aromatic rings. The first-order chi connectivity index (χ1) is 20.4. The lowest BCUT2D eigenvalue weighted by atomic mass is 9.89. The Balaban J connectivity index is 1.63. The molecule has 0 spiro atoms. The van der Waals surface area contributed by atoms with Crippen LogP contribution in [0.15, 0.2) is 24.3 Å². The van der Waals surface area contributed by atoms with Crippen LogP contribution in [0.5, 0.6) is 28.7 Å². The van der Waals surface area contributed by atoms with E-state index in [2.05, 4.69) is 5.10 Å². The second-order valence-corrected chi connectivity index (χ2v) is 10.0. The molecule has 5 rings (SSSR count). The van der Waals surface area contributed by atoms with Crippen molar-refractivity contribution in [3.63, 3.8) is 0 Å². The molecule has 1 fully saturated rings. The topological polar surface area (TPSA) is 313 Å². The summed E-state index contributed by atoms with van der Waals surface area (Å²) in [4.78, 5) is 39.2. The van der Waals surface area contributed by atoms with Crippen molar-refractivity contribution in [1.29, 1.82) is 0 Å². The average Bonchev–Trinajstić information content (AvgIpc) is 3.36. The minimum Gasteiger partial charge on any atom is -0.503 e. The van der Waals surface area contributed by atoms with Gasteiger partial charge in [-0.05, 0) is 30.7 Å². The van der Waals surface area contributed by atoms with Crippen LogP contribution in [0.25, 0.3) is 5.69 Å². The summed E-state index contributed by atoms with van der Waals surface area (Å²) in [6, 6.07) is 6.06. The van der Waals surface area contributed by atoms with Crippen LogP contribution in [0.3, 0.4) is 0 Å². The number of aromatic hydroxyl groups is 4. The summed E-state index contributed by atoms with van der Waals surface area (Å²) in [6.45, 7) is -2.04. The van der Waals surface area contributed by atoms with Gasteiger partial charge in [-0.2, -0.15) is 5.10 Å². The molecule has 2 aliphatic rings. The molecule has 0 aliphatic carbocycles. The van der Waals surface area contributed by atoms with E-state index in [4.69, 9.17) is 10.5 Å². The number of ether oxygens (including phenoxy) is 1. The van der Waals surface area contributed by atoms with Gasteiger partial charge in [-0.15, -0.1) is 0 Å². The molecule has 19 heteroatoms. The number of carbonyl (C=O) groups excluding carboxylic acids is 3. The predicted octanol–water partition coefficient (Wildman–Crippen LogP) is -3.61. The molecule has 0 bridgehead atoms. The minimum atomic E-state index is -4.35. The second-order valence-electron chi connectivity index (χ2n) is 10.0. The number of benzene rings is 2. The van der Waals surface area contributed by atoms with E-state index >= 15 is 0 Å². The van der Waals surface area contributed by atoms with Crippen molar-refractivity contribution in [2.75, 3.05) is 30.0 Å². The molecule has 0 atom stereocenters. The van der Waals surface area contributed by atoms with Gasteiger partial charge >= 0.3 is 5.79 Å². The molecule has 234 valence electrons. The number of primary amides is 1. The summed E-state index contributed by atoms with van der Waals surface area (Å²) >= 11 is 0. The monoisotopic (exact) mass is 619 g/mol. The van der Waals surface area contributed by atoms with Crippen molar-refractivity contribution < 1.29 is 70.2 Å². The molecule has 3 heterocycles. The van der Waals surface area contributed by atoms with E-state index in [9.17, 15) is 65.4 Å². The minimum absolute atomic E-state index is 0.110. The third-order valence-electron chi connectivity index (χ3n) is 7.42. The summed E-state index contributed by atoms with van der Waals surface area (Å²) in [5.74, 6) is -21.9. The Morgan fingerprint density at radius 1 is 0.886 bits per heavy atom. The highest BCUT2D eigenvalue weighted by molar-refractivity contribution is 6.12. The van der Waals surface area contributed by atoms with Crippen molar-refractivity contribution in [1.82, 2.24) is 9.78 Å². The smallest absolute Gasteiger partial charge is 0.306 e. The maximum atomic E-state index is 13.8. The molecular weight excluding hydrogens is 594 g/mol. The van der Waals surface area contributed by atoms with Gasteiger partial charge < -0.3 is 61.5 Å². The number of phenolic OH excluding ortho intramolecular Hbond substituents is 4. The number of aliphatic hydroxyl groups is 6. The van der Waals surface area contributed by atoms with Gasteiger partial charge in [0.2, 0.25) is 5.79 Å². The summed E-state index contributed by atoms with van der Waals surface area (Å²) in [5, 5.41) is 107. The van der Waals surface area contributed by atoms with E-state index in [-0.39, 0.29) is 34.0 Å². The summed E-state index contributed by atoms with van der Waals surface area (Å²) in [6.07, 6.45) is -0.146. The zero-order chi connectivity index (χ0) is 32.7. The number of nitrogens with two attached hydrogens (primary N) is 1. The van der Waals surface area contributed by atoms with Crippen molar-refractivity contribution in [2.45, 2.75) is 23.8 Å². The number of β-amino-alcohol motifs (C(OH)–C–C–N with tert-alkyl or cyclic N) is 2. The lowest BCUT2D eigenvalue weighted by Gasteiger charge is -2.49. The van der Waals surface area contributed by atoms with Gasteiger partial charge in [0.05, 0.1) is 19.3 Å². The van der Waals surface area contributed by atoms with E-state index < -0.39 is 82.5 Å². The number of rotatable bonds is 5. The Hall–Kier alpha value is -5.18.